The van der Waals surface area contributed by atoms with Crippen LogP contribution >= 0.6 is 0 Å². The lowest BCUT2D eigenvalue weighted by Crippen LogP contribution is -2.27. The molecule has 1 aliphatic heterocycles. The fourth-order valence-electron chi connectivity index (χ4n) is 4.29. The van der Waals surface area contributed by atoms with Gasteiger partial charge in [0.25, 0.3) is 0 Å². The van der Waals surface area contributed by atoms with E-state index in [0.29, 0.717) is 30.9 Å². The Morgan fingerprint density at radius 2 is 1.31 bits per heavy atom. The van der Waals surface area contributed by atoms with Crippen molar-refractivity contribution in [3.05, 3.63) is 77.4 Å². The number of benzene rings is 3. The monoisotopic (exact) mass is 502 g/mol. The number of ether oxygens (including phenoxy) is 3. The Kier molecular flexibility index (Phi) is 8.64. The second-order valence-electron chi connectivity index (χ2n) is 9.00. The number of unbranched alkanes of at least 4 members (excludes halogenated alkanes) is 1. The third kappa shape index (κ3) is 5.57. The fourth-order valence-corrected chi connectivity index (χ4v) is 4.29. The number of rotatable bonds is 9. The maximum atomic E-state index is 15.0. The van der Waals surface area contributed by atoms with Gasteiger partial charge in [-0.25, -0.2) is 13.2 Å². The molecule has 36 heavy (non-hydrogen) atoms. The van der Waals surface area contributed by atoms with Gasteiger partial charge >= 0.3 is 0 Å². The number of halogens is 4. The molecule has 0 aliphatic carbocycles. The van der Waals surface area contributed by atoms with Crippen molar-refractivity contribution in [2.24, 2.45) is 5.92 Å². The molecule has 0 saturated carbocycles. The minimum Gasteiger partial charge on any atom is -0.490 e. The lowest BCUT2D eigenvalue weighted by molar-refractivity contribution is -0.207. The van der Waals surface area contributed by atoms with Crippen LogP contribution in [0, 0.1) is 29.2 Å². The highest BCUT2D eigenvalue weighted by Crippen LogP contribution is 2.35. The van der Waals surface area contributed by atoms with Crippen molar-refractivity contribution in [2.75, 3.05) is 19.8 Å². The predicted octanol–water partition coefficient (Wildman–Crippen LogP) is 8.22. The predicted molar refractivity (Wildman–Crippen MR) is 131 cm³/mol. The van der Waals surface area contributed by atoms with E-state index in [9.17, 15) is 13.2 Å². The van der Waals surface area contributed by atoms with Crippen molar-refractivity contribution < 1.29 is 31.8 Å². The lowest BCUT2D eigenvalue weighted by Gasteiger charge is -2.29. The summed E-state index contributed by atoms with van der Waals surface area (Å²) in [6.07, 6.45) is 2.62. The highest BCUT2D eigenvalue weighted by atomic mass is 19.2. The summed E-state index contributed by atoms with van der Waals surface area (Å²) in [5, 5.41) is 0. The van der Waals surface area contributed by atoms with E-state index in [1.807, 2.05) is 6.92 Å². The van der Waals surface area contributed by atoms with Crippen LogP contribution in [0.2, 0.25) is 0 Å². The fraction of sp³-hybridized carbons (Fsp3) is 0.379. The van der Waals surface area contributed by atoms with Crippen LogP contribution in [-0.4, -0.2) is 19.8 Å². The van der Waals surface area contributed by atoms with Gasteiger partial charge < -0.3 is 14.2 Å². The van der Waals surface area contributed by atoms with Gasteiger partial charge in [0, 0.05) is 22.6 Å². The van der Waals surface area contributed by atoms with E-state index in [1.54, 1.807) is 12.1 Å². The SMILES string of the molecule is CCCCOc1ccc(-c2ccc(-c3ccc(C4OCC(CCC)CO4)c(F)c3F)cc2)c(F)c1F. The van der Waals surface area contributed by atoms with Crippen LogP contribution in [0.15, 0.2) is 48.5 Å². The minimum absolute atomic E-state index is 0.0154. The van der Waals surface area contributed by atoms with E-state index >= 15 is 4.39 Å². The minimum atomic E-state index is -1.05. The van der Waals surface area contributed by atoms with Gasteiger partial charge in [-0.05, 0) is 36.1 Å². The molecule has 1 aliphatic rings. The maximum absolute atomic E-state index is 15.0. The van der Waals surface area contributed by atoms with Gasteiger partial charge in [0.05, 0.1) is 19.8 Å². The van der Waals surface area contributed by atoms with Crippen molar-refractivity contribution in [3.63, 3.8) is 0 Å². The van der Waals surface area contributed by atoms with E-state index in [-0.39, 0.29) is 28.4 Å². The Balaban J connectivity index is 1.52. The molecular formula is C29H30F4O3. The average Bonchev–Trinajstić information content (AvgIpc) is 2.89. The van der Waals surface area contributed by atoms with Gasteiger partial charge in [-0.3, -0.25) is 0 Å². The third-order valence-corrected chi connectivity index (χ3v) is 6.34. The molecule has 3 aromatic rings. The molecule has 192 valence electrons. The van der Waals surface area contributed by atoms with E-state index in [2.05, 4.69) is 6.92 Å². The Hall–Kier alpha value is -2.90. The molecule has 0 atom stereocenters. The zero-order valence-corrected chi connectivity index (χ0v) is 20.5. The second-order valence-corrected chi connectivity index (χ2v) is 9.00. The van der Waals surface area contributed by atoms with Crippen LogP contribution in [0.1, 0.15) is 51.4 Å². The van der Waals surface area contributed by atoms with Gasteiger partial charge in [-0.15, -0.1) is 0 Å². The number of hydrogen-bond donors (Lipinski definition) is 0. The Morgan fingerprint density at radius 3 is 1.89 bits per heavy atom. The third-order valence-electron chi connectivity index (χ3n) is 6.34. The van der Waals surface area contributed by atoms with Crippen LogP contribution < -0.4 is 4.74 Å². The summed E-state index contributed by atoms with van der Waals surface area (Å²) < 4.78 is 75.7. The Morgan fingerprint density at radius 1 is 0.722 bits per heavy atom. The molecule has 1 fully saturated rings. The maximum Gasteiger partial charge on any atom is 0.201 e. The quantitative estimate of drug-likeness (QED) is 0.218. The van der Waals surface area contributed by atoms with Crippen LogP contribution in [0.5, 0.6) is 5.75 Å². The summed E-state index contributed by atoms with van der Waals surface area (Å²) in [5.74, 6) is -4.00. The largest absolute Gasteiger partial charge is 0.490 e. The van der Waals surface area contributed by atoms with Crippen molar-refractivity contribution in [2.45, 2.75) is 45.8 Å². The van der Waals surface area contributed by atoms with E-state index in [1.165, 1.54) is 36.4 Å². The van der Waals surface area contributed by atoms with E-state index < -0.39 is 29.6 Å². The van der Waals surface area contributed by atoms with Crippen LogP contribution in [0.25, 0.3) is 22.3 Å². The van der Waals surface area contributed by atoms with Crippen molar-refractivity contribution in [1.29, 1.82) is 0 Å². The van der Waals surface area contributed by atoms with Crippen LogP contribution in [-0.2, 0) is 9.47 Å². The summed E-state index contributed by atoms with van der Waals surface area (Å²) in [6.45, 7) is 5.22. The standard InChI is InChI=1S/C29H30F4O3/c1-3-5-15-34-24-14-13-22(26(31)28(24)33)20-9-7-19(8-10-20)21-11-12-23(27(32)25(21)30)29-35-16-18(6-4-2)17-36-29/h7-14,18,29H,3-6,15-17H2,1-2H3. The lowest BCUT2D eigenvalue weighted by atomic mass is 9.98. The first-order valence-electron chi connectivity index (χ1n) is 12.4. The topological polar surface area (TPSA) is 27.7 Å². The Bertz CT molecular complexity index is 1170. The molecule has 1 heterocycles. The first kappa shape index (κ1) is 26.2. The molecule has 0 bridgehead atoms. The molecule has 0 amide bonds. The zero-order valence-electron chi connectivity index (χ0n) is 20.5. The van der Waals surface area contributed by atoms with E-state index in [0.717, 1.165) is 25.7 Å². The molecule has 0 N–H and O–H groups in total. The van der Waals surface area contributed by atoms with Gasteiger partial charge in [-0.2, -0.15) is 4.39 Å². The van der Waals surface area contributed by atoms with Gasteiger partial charge in [0.15, 0.2) is 29.5 Å². The second kappa shape index (κ2) is 11.9. The zero-order chi connectivity index (χ0) is 25.7. The summed E-state index contributed by atoms with van der Waals surface area (Å²) in [7, 11) is 0. The molecule has 0 aromatic heterocycles. The molecule has 0 radical (unpaired) electrons. The average molecular weight is 503 g/mol. The molecular weight excluding hydrogens is 472 g/mol. The van der Waals surface area contributed by atoms with Crippen molar-refractivity contribution in [3.8, 4) is 28.0 Å². The van der Waals surface area contributed by atoms with Crippen molar-refractivity contribution >= 4 is 0 Å². The Labute approximate surface area is 209 Å². The molecule has 3 aromatic carbocycles. The summed E-state index contributed by atoms with van der Waals surface area (Å²) in [6, 6.07) is 11.9. The molecule has 0 unspecified atom stereocenters. The van der Waals surface area contributed by atoms with Crippen LogP contribution in [0.3, 0.4) is 0 Å². The highest BCUT2D eigenvalue weighted by Gasteiger charge is 2.27. The van der Waals surface area contributed by atoms with Crippen LogP contribution in [0.4, 0.5) is 17.6 Å². The summed E-state index contributed by atoms with van der Waals surface area (Å²) >= 11 is 0. The normalized spacial score (nSPS) is 17.8. The van der Waals surface area contributed by atoms with Gasteiger partial charge in [0.2, 0.25) is 5.82 Å². The molecule has 7 heteroatoms. The first-order chi connectivity index (χ1) is 17.4. The molecule has 3 nitrogen and oxygen atoms in total. The summed E-state index contributed by atoms with van der Waals surface area (Å²) in [4.78, 5) is 0. The first-order valence-corrected chi connectivity index (χ1v) is 12.4. The highest BCUT2D eigenvalue weighted by molar-refractivity contribution is 5.71. The van der Waals surface area contributed by atoms with Gasteiger partial charge in [0.1, 0.15) is 0 Å². The molecule has 1 saturated heterocycles. The summed E-state index contributed by atoms with van der Waals surface area (Å²) in [5.41, 5.74) is 0.918. The smallest absolute Gasteiger partial charge is 0.201 e. The van der Waals surface area contributed by atoms with Crippen molar-refractivity contribution in [1.82, 2.24) is 0 Å². The van der Waals surface area contributed by atoms with E-state index in [4.69, 9.17) is 14.2 Å². The molecule has 4 rings (SSSR count). The molecule has 0 spiro atoms. The van der Waals surface area contributed by atoms with Gasteiger partial charge in [-0.1, -0.05) is 63.1 Å². The number of hydrogen-bond acceptors (Lipinski definition) is 3.